The lowest BCUT2D eigenvalue weighted by Gasteiger charge is -2.10. The van der Waals surface area contributed by atoms with Crippen molar-refractivity contribution in [3.8, 4) is 0 Å². The number of carboxylic acid groups (broad SMARTS) is 1. The van der Waals surface area contributed by atoms with Gasteiger partial charge >= 0.3 is 12.0 Å². The number of carboxylic acids is 1. The van der Waals surface area contributed by atoms with E-state index in [1.165, 1.54) is 0 Å². The number of urea groups is 1. The first kappa shape index (κ1) is 14.0. The average molecular weight is 250 g/mol. The fourth-order valence-corrected chi connectivity index (χ4v) is 1.43. The zero-order valence-corrected chi connectivity index (χ0v) is 10.6. The molecule has 3 N–H and O–H groups in total. The highest BCUT2D eigenvalue weighted by Gasteiger charge is 2.04. The Morgan fingerprint density at radius 2 is 2.06 bits per heavy atom. The quantitative estimate of drug-likeness (QED) is 0.750. The predicted octanol–water partition coefficient (Wildman–Crippen LogP) is 2.41. The predicted molar refractivity (Wildman–Crippen MR) is 69.8 cm³/mol. The maximum Gasteiger partial charge on any atom is 0.319 e. The molecule has 0 spiro atoms. The second-order valence-electron chi connectivity index (χ2n) is 4.30. The molecule has 0 atom stereocenters. The number of anilines is 1. The van der Waals surface area contributed by atoms with Crippen molar-refractivity contribution in [1.82, 2.24) is 5.32 Å². The molecule has 1 rings (SSSR count). The Morgan fingerprint density at radius 1 is 1.33 bits per heavy atom. The van der Waals surface area contributed by atoms with Crippen molar-refractivity contribution in [3.63, 3.8) is 0 Å². The Balaban J connectivity index is 2.49. The third-order valence-electron chi connectivity index (χ3n) is 2.44. The highest BCUT2D eigenvalue weighted by atomic mass is 16.4. The van der Waals surface area contributed by atoms with Gasteiger partial charge in [0.2, 0.25) is 0 Å². The summed E-state index contributed by atoms with van der Waals surface area (Å²) >= 11 is 0. The summed E-state index contributed by atoms with van der Waals surface area (Å²) in [6, 6.07) is 7.18. The van der Waals surface area contributed by atoms with Crippen LogP contribution in [-0.2, 0) is 4.79 Å². The summed E-state index contributed by atoms with van der Waals surface area (Å²) in [5.74, 6) is -0.543. The van der Waals surface area contributed by atoms with Crippen molar-refractivity contribution in [1.29, 1.82) is 0 Å². The summed E-state index contributed by atoms with van der Waals surface area (Å²) < 4.78 is 0. The molecular weight excluding hydrogens is 232 g/mol. The smallest absolute Gasteiger partial charge is 0.319 e. The number of amides is 2. The fraction of sp³-hybridized carbons (Fsp3) is 0.385. The van der Waals surface area contributed by atoms with Gasteiger partial charge in [0.1, 0.15) is 0 Å². The van der Waals surface area contributed by atoms with Crippen molar-refractivity contribution in [2.24, 2.45) is 0 Å². The second kappa shape index (κ2) is 6.64. The van der Waals surface area contributed by atoms with Crippen LogP contribution in [0.4, 0.5) is 10.5 Å². The first-order valence-electron chi connectivity index (χ1n) is 5.85. The van der Waals surface area contributed by atoms with Crippen LogP contribution < -0.4 is 10.6 Å². The number of carbonyl (C=O) groups is 2. The Labute approximate surface area is 106 Å². The summed E-state index contributed by atoms with van der Waals surface area (Å²) in [6.45, 7) is 4.27. The van der Waals surface area contributed by atoms with Crippen LogP contribution in [0.1, 0.15) is 31.7 Å². The molecule has 2 amide bonds. The van der Waals surface area contributed by atoms with E-state index in [1.807, 2.05) is 18.2 Å². The van der Waals surface area contributed by atoms with E-state index >= 15 is 0 Å². The Morgan fingerprint density at radius 3 is 2.67 bits per heavy atom. The van der Waals surface area contributed by atoms with Gasteiger partial charge in [0.15, 0.2) is 0 Å². The molecule has 0 fully saturated rings. The van der Waals surface area contributed by atoms with Gasteiger partial charge in [-0.15, -0.1) is 0 Å². The van der Waals surface area contributed by atoms with E-state index in [1.54, 1.807) is 6.07 Å². The highest BCUT2D eigenvalue weighted by molar-refractivity contribution is 5.89. The van der Waals surface area contributed by atoms with E-state index in [0.717, 1.165) is 5.56 Å². The Bertz CT molecular complexity index is 430. The molecule has 5 nitrogen and oxygen atoms in total. The summed E-state index contributed by atoms with van der Waals surface area (Å²) in [4.78, 5) is 21.7. The van der Waals surface area contributed by atoms with Gasteiger partial charge in [-0.1, -0.05) is 26.0 Å². The lowest BCUT2D eigenvalue weighted by atomic mass is 10.0. The normalized spacial score (nSPS) is 10.2. The molecule has 0 bridgehead atoms. The van der Waals surface area contributed by atoms with Crippen LogP contribution in [0.3, 0.4) is 0 Å². The largest absolute Gasteiger partial charge is 0.481 e. The molecule has 0 unspecified atom stereocenters. The summed E-state index contributed by atoms with van der Waals surface area (Å²) in [7, 11) is 0. The number of benzene rings is 1. The molecular formula is C13H18N2O3. The van der Waals surface area contributed by atoms with Gasteiger partial charge in [-0.05, 0) is 23.6 Å². The van der Waals surface area contributed by atoms with Crippen molar-refractivity contribution in [2.45, 2.75) is 26.2 Å². The van der Waals surface area contributed by atoms with Crippen LogP contribution in [0.2, 0.25) is 0 Å². The molecule has 98 valence electrons. The topological polar surface area (TPSA) is 78.4 Å². The third-order valence-corrected chi connectivity index (χ3v) is 2.44. The zero-order valence-electron chi connectivity index (χ0n) is 10.6. The van der Waals surface area contributed by atoms with Gasteiger partial charge in [-0.25, -0.2) is 4.79 Å². The van der Waals surface area contributed by atoms with Gasteiger partial charge in [-0.3, -0.25) is 4.79 Å². The van der Waals surface area contributed by atoms with Crippen LogP contribution >= 0.6 is 0 Å². The number of carbonyl (C=O) groups excluding carboxylic acids is 1. The van der Waals surface area contributed by atoms with Crippen molar-refractivity contribution >= 4 is 17.7 Å². The summed E-state index contributed by atoms with van der Waals surface area (Å²) in [6.07, 6.45) is -0.0839. The van der Waals surface area contributed by atoms with Crippen LogP contribution in [0.5, 0.6) is 0 Å². The van der Waals surface area contributed by atoms with E-state index < -0.39 is 12.0 Å². The summed E-state index contributed by atoms with van der Waals surface area (Å²) in [5, 5.41) is 13.6. The molecule has 1 aromatic carbocycles. The Hall–Kier alpha value is -2.04. The third kappa shape index (κ3) is 4.86. The number of rotatable bonds is 5. The monoisotopic (exact) mass is 250 g/mol. The molecule has 5 heteroatoms. The van der Waals surface area contributed by atoms with Gasteiger partial charge in [0.25, 0.3) is 0 Å². The van der Waals surface area contributed by atoms with Crippen molar-refractivity contribution in [2.75, 3.05) is 11.9 Å². The lowest BCUT2D eigenvalue weighted by Crippen LogP contribution is -2.30. The molecule has 1 aromatic rings. The lowest BCUT2D eigenvalue weighted by molar-refractivity contribution is -0.136. The standard InChI is InChI=1S/C13H18N2O3/c1-9(2)10-4-3-5-11(8-10)15-13(18)14-7-6-12(16)17/h3-5,8-9H,6-7H2,1-2H3,(H,16,17)(H2,14,15,18). The van der Waals surface area contributed by atoms with Crippen LogP contribution in [-0.4, -0.2) is 23.7 Å². The summed E-state index contributed by atoms with van der Waals surface area (Å²) in [5.41, 5.74) is 1.84. The first-order chi connectivity index (χ1) is 8.49. The van der Waals surface area contributed by atoms with Gasteiger partial charge in [0.05, 0.1) is 6.42 Å². The minimum absolute atomic E-state index is 0.0839. The van der Waals surface area contributed by atoms with Crippen LogP contribution in [0, 0.1) is 0 Å². The van der Waals surface area contributed by atoms with E-state index in [-0.39, 0.29) is 13.0 Å². The van der Waals surface area contributed by atoms with Crippen molar-refractivity contribution < 1.29 is 14.7 Å². The number of aliphatic carboxylic acids is 1. The van der Waals surface area contributed by atoms with Gasteiger partial charge in [-0.2, -0.15) is 0 Å². The SMILES string of the molecule is CC(C)c1cccc(NC(=O)NCCC(=O)O)c1. The average Bonchev–Trinajstić information content (AvgIpc) is 2.28. The fourth-order valence-electron chi connectivity index (χ4n) is 1.43. The molecule has 0 aromatic heterocycles. The van der Waals surface area contributed by atoms with Crippen LogP contribution in [0.25, 0.3) is 0 Å². The van der Waals surface area contributed by atoms with E-state index in [4.69, 9.17) is 5.11 Å². The number of hydrogen-bond donors (Lipinski definition) is 3. The second-order valence-corrected chi connectivity index (χ2v) is 4.30. The number of hydrogen-bond acceptors (Lipinski definition) is 2. The van der Waals surface area contributed by atoms with Crippen molar-refractivity contribution in [3.05, 3.63) is 29.8 Å². The zero-order chi connectivity index (χ0) is 13.5. The highest BCUT2D eigenvalue weighted by Crippen LogP contribution is 2.18. The maximum absolute atomic E-state index is 11.5. The molecule has 0 heterocycles. The minimum atomic E-state index is -0.933. The van der Waals surface area contributed by atoms with E-state index in [9.17, 15) is 9.59 Å². The molecule has 18 heavy (non-hydrogen) atoms. The molecule has 0 saturated carbocycles. The molecule has 0 aliphatic rings. The minimum Gasteiger partial charge on any atom is -0.481 e. The molecule has 0 aliphatic heterocycles. The first-order valence-corrected chi connectivity index (χ1v) is 5.85. The van der Waals surface area contributed by atoms with E-state index in [0.29, 0.717) is 11.6 Å². The maximum atomic E-state index is 11.5. The van der Waals surface area contributed by atoms with E-state index in [2.05, 4.69) is 24.5 Å². The van der Waals surface area contributed by atoms with Crippen LogP contribution in [0.15, 0.2) is 24.3 Å². The van der Waals surface area contributed by atoms with Gasteiger partial charge < -0.3 is 15.7 Å². The van der Waals surface area contributed by atoms with Gasteiger partial charge in [0, 0.05) is 12.2 Å². The number of nitrogens with one attached hydrogen (secondary N) is 2. The Kier molecular flexibility index (Phi) is 5.17. The molecule has 0 saturated heterocycles. The molecule has 0 radical (unpaired) electrons. The molecule has 0 aliphatic carbocycles.